The molecule has 1 aromatic carbocycles. The van der Waals surface area contributed by atoms with Crippen molar-refractivity contribution in [2.75, 3.05) is 6.54 Å². The Hall–Kier alpha value is -2.00. The van der Waals surface area contributed by atoms with Gasteiger partial charge in [0.05, 0.1) is 5.69 Å². The maximum atomic E-state index is 13.9. The van der Waals surface area contributed by atoms with Crippen LogP contribution in [0.25, 0.3) is 0 Å². The van der Waals surface area contributed by atoms with Crippen molar-refractivity contribution in [3.63, 3.8) is 0 Å². The average molecular weight is 343 g/mol. The van der Waals surface area contributed by atoms with E-state index in [4.69, 9.17) is 0 Å². The summed E-state index contributed by atoms with van der Waals surface area (Å²) in [5.74, 6) is -5.19. The highest BCUT2D eigenvalue weighted by molar-refractivity contribution is 7.89. The normalized spacial score (nSPS) is 18.7. The van der Waals surface area contributed by atoms with Crippen LogP contribution >= 0.6 is 0 Å². The minimum Gasteiger partial charge on any atom is -0.244 e. The molecule has 1 atom stereocenters. The quantitative estimate of drug-likeness (QED) is 0.785. The van der Waals surface area contributed by atoms with Crippen molar-refractivity contribution in [2.24, 2.45) is 0 Å². The van der Waals surface area contributed by atoms with Gasteiger partial charge in [-0.25, -0.2) is 31.6 Å². The van der Waals surface area contributed by atoms with Crippen LogP contribution in [0, 0.1) is 17.5 Å². The molecular weight excluding hydrogens is 331 g/mol. The van der Waals surface area contributed by atoms with E-state index in [0.29, 0.717) is 11.6 Å². The molecule has 5 nitrogen and oxygen atoms in total. The Kier molecular flexibility index (Phi) is 3.85. The standard InChI is InChI=1S/C14H12F3N3O2S/c1-8-5-20(6-9-4-18-7-19-14(8)9)23(21,22)11-3-2-10(15)12(16)13(11)17/h2-4,7-8H,5-6H2,1H3. The maximum absolute atomic E-state index is 13.9. The van der Waals surface area contributed by atoms with Gasteiger partial charge in [-0.15, -0.1) is 0 Å². The highest BCUT2D eigenvalue weighted by Crippen LogP contribution is 2.31. The molecule has 9 heteroatoms. The summed E-state index contributed by atoms with van der Waals surface area (Å²) < 4.78 is 66.4. The Bertz CT molecular complexity index is 874. The second kappa shape index (κ2) is 5.57. The van der Waals surface area contributed by atoms with Crippen LogP contribution in [0.2, 0.25) is 0 Å². The first-order valence-corrected chi connectivity index (χ1v) is 8.18. The van der Waals surface area contributed by atoms with Crippen LogP contribution in [0.3, 0.4) is 0 Å². The van der Waals surface area contributed by atoms with Crippen LogP contribution in [0.15, 0.2) is 29.6 Å². The van der Waals surface area contributed by atoms with Crippen molar-refractivity contribution in [1.29, 1.82) is 0 Å². The van der Waals surface area contributed by atoms with E-state index in [-0.39, 0.29) is 19.0 Å². The second-order valence-electron chi connectivity index (χ2n) is 5.31. The van der Waals surface area contributed by atoms with Crippen molar-refractivity contribution in [3.05, 3.63) is 53.4 Å². The molecule has 2 aromatic rings. The number of aromatic nitrogens is 2. The van der Waals surface area contributed by atoms with Crippen molar-refractivity contribution >= 4 is 10.0 Å². The molecule has 0 N–H and O–H groups in total. The van der Waals surface area contributed by atoms with Crippen molar-refractivity contribution in [3.8, 4) is 0 Å². The number of hydrogen-bond donors (Lipinski definition) is 0. The molecule has 122 valence electrons. The molecule has 0 saturated heterocycles. The molecular formula is C14H12F3N3O2S. The Morgan fingerprint density at radius 2 is 1.96 bits per heavy atom. The zero-order chi connectivity index (χ0) is 16.8. The van der Waals surface area contributed by atoms with Crippen LogP contribution in [0.4, 0.5) is 13.2 Å². The van der Waals surface area contributed by atoms with E-state index in [1.165, 1.54) is 12.5 Å². The predicted octanol–water partition coefficient (Wildman–Crippen LogP) is 2.20. The molecule has 0 bridgehead atoms. The van der Waals surface area contributed by atoms with Crippen LogP contribution in [0.5, 0.6) is 0 Å². The molecule has 0 amide bonds. The molecule has 0 saturated carbocycles. The lowest BCUT2D eigenvalue weighted by Crippen LogP contribution is -2.38. The predicted molar refractivity (Wildman–Crippen MR) is 74.4 cm³/mol. The topological polar surface area (TPSA) is 63.2 Å². The fourth-order valence-electron chi connectivity index (χ4n) is 2.61. The number of benzene rings is 1. The van der Waals surface area contributed by atoms with E-state index in [0.717, 1.165) is 16.1 Å². The van der Waals surface area contributed by atoms with E-state index >= 15 is 0 Å². The summed E-state index contributed by atoms with van der Waals surface area (Å²) in [6.07, 6.45) is 2.86. The number of hydrogen-bond acceptors (Lipinski definition) is 4. The summed E-state index contributed by atoms with van der Waals surface area (Å²) >= 11 is 0. The van der Waals surface area contributed by atoms with Gasteiger partial charge >= 0.3 is 0 Å². The molecule has 3 rings (SSSR count). The maximum Gasteiger partial charge on any atom is 0.246 e. The van der Waals surface area contributed by atoms with Crippen LogP contribution in [-0.2, 0) is 16.6 Å². The zero-order valence-electron chi connectivity index (χ0n) is 12.0. The fourth-order valence-corrected chi connectivity index (χ4v) is 4.17. The Balaban J connectivity index is 2.04. The van der Waals surface area contributed by atoms with Crippen molar-refractivity contribution in [2.45, 2.75) is 24.3 Å². The van der Waals surface area contributed by atoms with Gasteiger partial charge in [0.2, 0.25) is 10.0 Å². The Labute approximate surface area is 130 Å². The fraction of sp³-hybridized carbons (Fsp3) is 0.286. The van der Waals surface area contributed by atoms with E-state index < -0.39 is 32.4 Å². The van der Waals surface area contributed by atoms with Gasteiger partial charge in [0.25, 0.3) is 0 Å². The monoisotopic (exact) mass is 343 g/mol. The third-order valence-electron chi connectivity index (χ3n) is 3.73. The highest BCUT2D eigenvalue weighted by Gasteiger charge is 2.35. The largest absolute Gasteiger partial charge is 0.246 e. The molecule has 23 heavy (non-hydrogen) atoms. The molecule has 1 aliphatic rings. The first-order chi connectivity index (χ1) is 10.8. The smallest absolute Gasteiger partial charge is 0.244 e. The minimum atomic E-state index is -4.31. The number of nitrogens with zero attached hydrogens (tertiary/aromatic N) is 3. The van der Waals surface area contributed by atoms with Gasteiger partial charge in [-0.2, -0.15) is 4.31 Å². The van der Waals surface area contributed by atoms with E-state index in [1.807, 2.05) is 0 Å². The summed E-state index contributed by atoms with van der Waals surface area (Å²) in [4.78, 5) is 7.08. The number of fused-ring (bicyclic) bond motifs is 1. The first-order valence-electron chi connectivity index (χ1n) is 6.74. The molecule has 0 aliphatic carbocycles. The lowest BCUT2D eigenvalue weighted by molar-refractivity contribution is 0.353. The molecule has 0 fully saturated rings. The molecule has 1 unspecified atom stereocenters. The van der Waals surface area contributed by atoms with Gasteiger partial charge in [-0.05, 0) is 12.1 Å². The molecule has 2 heterocycles. The Morgan fingerprint density at radius 3 is 2.70 bits per heavy atom. The SMILES string of the molecule is CC1CN(S(=O)(=O)c2ccc(F)c(F)c2F)Cc2cncnc21. The summed E-state index contributed by atoms with van der Waals surface area (Å²) in [6.45, 7) is 1.78. The van der Waals surface area contributed by atoms with E-state index in [9.17, 15) is 21.6 Å². The van der Waals surface area contributed by atoms with Gasteiger partial charge in [0, 0.05) is 30.8 Å². The van der Waals surface area contributed by atoms with Crippen molar-refractivity contribution < 1.29 is 21.6 Å². The molecule has 1 aromatic heterocycles. The van der Waals surface area contributed by atoms with Gasteiger partial charge in [0.1, 0.15) is 11.2 Å². The summed E-state index contributed by atoms with van der Waals surface area (Å²) in [5, 5.41) is 0. The lowest BCUT2D eigenvalue weighted by atomic mass is 9.99. The number of rotatable bonds is 2. The molecule has 0 radical (unpaired) electrons. The third kappa shape index (κ3) is 2.59. The van der Waals surface area contributed by atoms with Gasteiger partial charge in [-0.1, -0.05) is 6.92 Å². The van der Waals surface area contributed by atoms with Gasteiger partial charge in [-0.3, -0.25) is 0 Å². The Morgan fingerprint density at radius 1 is 1.22 bits per heavy atom. The van der Waals surface area contributed by atoms with Crippen LogP contribution in [0.1, 0.15) is 24.1 Å². The van der Waals surface area contributed by atoms with Crippen molar-refractivity contribution in [1.82, 2.24) is 14.3 Å². The van der Waals surface area contributed by atoms with Crippen LogP contribution < -0.4 is 0 Å². The van der Waals surface area contributed by atoms with Gasteiger partial charge in [0.15, 0.2) is 17.5 Å². The van der Waals surface area contributed by atoms with Crippen LogP contribution in [-0.4, -0.2) is 29.2 Å². The number of halogens is 3. The van der Waals surface area contributed by atoms with E-state index in [2.05, 4.69) is 9.97 Å². The summed E-state index contributed by atoms with van der Waals surface area (Å²) in [6, 6.07) is 1.32. The lowest BCUT2D eigenvalue weighted by Gasteiger charge is -2.31. The highest BCUT2D eigenvalue weighted by atomic mass is 32.2. The molecule has 1 aliphatic heterocycles. The second-order valence-corrected chi connectivity index (χ2v) is 7.21. The zero-order valence-corrected chi connectivity index (χ0v) is 12.8. The van der Waals surface area contributed by atoms with Gasteiger partial charge < -0.3 is 0 Å². The molecule has 0 spiro atoms. The minimum absolute atomic E-state index is 0.0543. The summed E-state index contributed by atoms with van der Waals surface area (Å²) in [7, 11) is -4.31. The number of sulfonamides is 1. The first kappa shape index (κ1) is 15.9. The van der Waals surface area contributed by atoms with E-state index in [1.54, 1.807) is 6.92 Å². The summed E-state index contributed by atoms with van der Waals surface area (Å²) in [5.41, 5.74) is 1.31. The third-order valence-corrected chi connectivity index (χ3v) is 5.56. The average Bonchev–Trinajstić information content (AvgIpc) is 2.52.